The molecule has 166 valence electrons. The van der Waals surface area contributed by atoms with Gasteiger partial charge in [-0.1, -0.05) is 17.3 Å². The van der Waals surface area contributed by atoms with Gasteiger partial charge in [0.05, 0.1) is 12.2 Å². The molecular weight excluding hydrogens is 434 g/mol. The molecule has 12 heteroatoms. The van der Waals surface area contributed by atoms with Crippen LogP contribution in [0.5, 0.6) is 0 Å². The Hall–Kier alpha value is -3.96. The summed E-state index contributed by atoms with van der Waals surface area (Å²) in [4.78, 5) is 25.6. The predicted octanol–water partition coefficient (Wildman–Crippen LogP) is 3.31. The molecule has 2 aromatic carbocycles. The number of hydrogen-bond acceptors (Lipinski definition) is 5. The fourth-order valence-electron chi connectivity index (χ4n) is 3.18. The molecule has 0 aliphatic carbocycles. The molecule has 1 fully saturated rings. The van der Waals surface area contributed by atoms with Crippen molar-refractivity contribution in [1.29, 1.82) is 0 Å². The average molecular weight is 449 g/mol. The Morgan fingerprint density at radius 1 is 1.12 bits per heavy atom. The number of halogens is 4. The van der Waals surface area contributed by atoms with Gasteiger partial charge < -0.3 is 10.1 Å². The van der Waals surface area contributed by atoms with Crippen molar-refractivity contribution in [1.82, 2.24) is 20.3 Å². The number of cyclic esters (lactones) is 1. The van der Waals surface area contributed by atoms with E-state index in [1.807, 2.05) is 0 Å². The first-order chi connectivity index (χ1) is 15.2. The molecule has 2 heterocycles. The molecule has 0 atom stereocenters. The molecule has 0 unspecified atom stereocenters. The lowest BCUT2D eigenvalue weighted by Crippen LogP contribution is -2.27. The lowest BCUT2D eigenvalue weighted by molar-refractivity contribution is -0.143. The standard InChI is InChI=1S/C20H15F4N5O3/c21-13-4-6-14(7-5-13)29-17(20(22,23)24)16(26-27-29)18(30)25-11-12-2-1-3-15(10-12)28-8-9-32-19(28)31/h1-7,10H,8-9,11H2,(H,25,30). The zero-order valence-electron chi connectivity index (χ0n) is 16.3. The first-order valence-corrected chi connectivity index (χ1v) is 9.34. The highest BCUT2D eigenvalue weighted by molar-refractivity contribution is 5.93. The van der Waals surface area contributed by atoms with Crippen LogP contribution >= 0.6 is 0 Å². The van der Waals surface area contributed by atoms with Crippen molar-refractivity contribution in [3.63, 3.8) is 0 Å². The van der Waals surface area contributed by atoms with Crippen LogP contribution in [0, 0.1) is 5.82 Å². The third-order valence-electron chi connectivity index (χ3n) is 4.66. The van der Waals surface area contributed by atoms with Gasteiger partial charge in [0.15, 0.2) is 11.4 Å². The van der Waals surface area contributed by atoms with Crippen LogP contribution in [0.4, 0.5) is 28.0 Å². The Morgan fingerprint density at radius 2 is 1.88 bits per heavy atom. The van der Waals surface area contributed by atoms with Gasteiger partial charge >= 0.3 is 12.3 Å². The number of nitrogens with one attached hydrogen (secondary N) is 1. The summed E-state index contributed by atoms with van der Waals surface area (Å²) in [5.41, 5.74) is -1.31. The molecule has 1 aliphatic heterocycles. The average Bonchev–Trinajstić information content (AvgIpc) is 3.39. The van der Waals surface area contributed by atoms with Crippen LogP contribution < -0.4 is 10.2 Å². The highest BCUT2D eigenvalue weighted by Crippen LogP contribution is 2.32. The summed E-state index contributed by atoms with van der Waals surface area (Å²) in [5.74, 6) is -1.72. The summed E-state index contributed by atoms with van der Waals surface area (Å²) in [6.45, 7) is 0.510. The first-order valence-electron chi connectivity index (χ1n) is 9.34. The monoisotopic (exact) mass is 449 g/mol. The van der Waals surface area contributed by atoms with Crippen molar-refractivity contribution >= 4 is 17.7 Å². The van der Waals surface area contributed by atoms with E-state index in [1.54, 1.807) is 24.3 Å². The Balaban J connectivity index is 1.55. The molecule has 4 rings (SSSR count). The van der Waals surface area contributed by atoms with Gasteiger partial charge in [0.25, 0.3) is 5.91 Å². The van der Waals surface area contributed by atoms with E-state index in [2.05, 4.69) is 15.6 Å². The van der Waals surface area contributed by atoms with Crippen molar-refractivity contribution in [2.75, 3.05) is 18.1 Å². The van der Waals surface area contributed by atoms with Crippen molar-refractivity contribution in [2.45, 2.75) is 12.7 Å². The minimum Gasteiger partial charge on any atom is -0.447 e. The van der Waals surface area contributed by atoms with E-state index in [0.29, 0.717) is 22.5 Å². The Bertz CT molecular complexity index is 1160. The van der Waals surface area contributed by atoms with E-state index in [1.165, 1.54) is 4.90 Å². The molecule has 0 radical (unpaired) electrons. The number of carbonyl (C=O) groups is 2. The van der Waals surface area contributed by atoms with Gasteiger partial charge in [0, 0.05) is 12.2 Å². The van der Waals surface area contributed by atoms with Gasteiger partial charge in [0.1, 0.15) is 12.4 Å². The molecule has 1 N–H and O–H groups in total. The summed E-state index contributed by atoms with van der Waals surface area (Å²) in [7, 11) is 0. The molecule has 0 bridgehead atoms. The molecule has 0 spiro atoms. The minimum atomic E-state index is -4.94. The summed E-state index contributed by atoms with van der Waals surface area (Å²) in [6.07, 6.45) is -5.45. The molecule has 1 saturated heterocycles. The number of anilines is 1. The number of carbonyl (C=O) groups excluding carboxylic acids is 2. The third-order valence-corrected chi connectivity index (χ3v) is 4.66. The van der Waals surface area contributed by atoms with E-state index in [0.717, 1.165) is 24.3 Å². The lowest BCUT2D eigenvalue weighted by atomic mass is 10.2. The van der Waals surface area contributed by atoms with Crippen LogP contribution in [0.25, 0.3) is 5.69 Å². The van der Waals surface area contributed by atoms with Gasteiger partial charge in [-0.15, -0.1) is 5.10 Å². The highest BCUT2D eigenvalue weighted by atomic mass is 19.4. The van der Waals surface area contributed by atoms with Crippen LogP contribution in [0.3, 0.4) is 0 Å². The summed E-state index contributed by atoms with van der Waals surface area (Å²) < 4.78 is 59.5. The molecule has 8 nitrogen and oxygen atoms in total. The first kappa shape index (κ1) is 21.3. The lowest BCUT2D eigenvalue weighted by Gasteiger charge is -2.14. The largest absolute Gasteiger partial charge is 0.447 e. The molecule has 3 aromatic rings. The van der Waals surface area contributed by atoms with Crippen LogP contribution in [-0.4, -0.2) is 40.1 Å². The van der Waals surface area contributed by atoms with Crippen molar-refractivity contribution < 1.29 is 31.9 Å². The molecule has 2 amide bonds. The van der Waals surface area contributed by atoms with E-state index < -0.39 is 35.4 Å². The maximum absolute atomic E-state index is 13.7. The second kappa shape index (κ2) is 8.29. The fourth-order valence-corrected chi connectivity index (χ4v) is 3.18. The third kappa shape index (κ3) is 4.24. The number of rotatable bonds is 5. The van der Waals surface area contributed by atoms with E-state index in [-0.39, 0.29) is 18.8 Å². The highest BCUT2D eigenvalue weighted by Gasteiger charge is 2.42. The number of alkyl halides is 3. The number of amides is 2. The van der Waals surface area contributed by atoms with E-state index >= 15 is 0 Å². The zero-order valence-corrected chi connectivity index (χ0v) is 16.3. The maximum Gasteiger partial charge on any atom is 0.435 e. The summed E-state index contributed by atoms with van der Waals surface area (Å²) >= 11 is 0. The smallest absolute Gasteiger partial charge is 0.435 e. The molecular formula is C20H15F4N5O3. The Labute approximate surface area is 178 Å². The Morgan fingerprint density at radius 3 is 2.53 bits per heavy atom. The van der Waals surface area contributed by atoms with E-state index in [4.69, 9.17) is 4.74 Å². The van der Waals surface area contributed by atoms with Crippen LogP contribution in [-0.2, 0) is 17.5 Å². The second-order valence-electron chi connectivity index (χ2n) is 6.79. The van der Waals surface area contributed by atoms with Crippen LogP contribution in [0.2, 0.25) is 0 Å². The number of hydrogen-bond donors (Lipinski definition) is 1. The van der Waals surface area contributed by atoms with Gasteiger partial charge in [-0.25, -0.2) is 13.9 Å². The summed E-state index contributed by atoms with van der Waals surface area (Å²) in [5, 5.41) is 9.22. The topological polar surface area (TPSA) is 89.3 Å². The molecule has 1 aromatic heterocycles. The van der Waals surface area contributed by atoms with Crippen LogP contribution in [0.1, 0.15) is 21.7 Å². The predicted molar refractivity (Wildman–Crippen MR) is 103 cm³/mol. The number of ether oxygens (including phenoxy) is 1. The fraction of sp³-hybridized carbons (Fsp3) is 0.200. The van der Waals surface area contributed by atoms with Gasteiger partial charge in [-0.05, 0) is 42.0 Å². The quantitative estimate of drug-likeness (QED) is 0.604. The number of nitrogens with zero attached hydrogens (tertiary/aromatic N) is 4. The number of benzene rings is 2. The van der Waals surface area contributed by atoms with Crippen molar-refractivity contribution in [2.24, 2.45) is 0 Å². The normalized spacial score (nSPS) is 13.9. The van der Waals surface area contributed by atoms with Gasteiger partial charge in [-0.2, -0.15) is 13.2 Å². The minimum absolute atomic E-state index is 0.101. The van der Waals surface area contributed by atoms with Crippen molar-refractivity contribution in [3.8, 4) is 5.69 Å². The van der Waals surface area contributed by atoms with E-state index in [9.17, 15) is 27.2 Å². The SMILES string of the molecule is O=C(NCc1cccc(N2CCOC2=O)c1)c1nnn(-c2ccc(F)cc2)c1C(F)(F)F. The number of aromatic nitrogens is 3. The van der Waals surface area contributed by atoms with Crippen LogP contribution in [0.15, 0.2) is 48.5 Å². The van der Waals surface area contributed by atoms with Gasteiger partial charge in [0.2, 0.25) is 0 Å². The van der Waals surface area contributed by atoms with Crippen molar-refractivity contribution in [3.05, 3.63) is 71.3 Å². The molecule has 1 aliphatic rings. The Kier molecular flexibility index (Phi) is 5.51. The maximum atomic E-state index is 13.7. The van der Waals surface area contributed by atoms with Gasteiger partial charge in [-0.3, -0.25) is 9.69 Å². The molecule has 0 saturated carbocycles. The summed E-state index contributed by atoms with van der Waals surface area (Å²) in [6, 6.07) is 10.7. The zero-order chi connectivity index (χ0) is 22.9. The molecule has 32 heavy (non-hydrogen) atoms. The second-order valence-corrected chi connectivity index (χ2v) is 6.79.